The van der Waals surface area contributed by atoms with Crippen molar-refractivity contribution in [1.82, 2.24) is 14.8 Å². The van der Waals surface area contributed by atoms with E-state index in [4.69, 9.17) is 4.98 Å². The maximum absolute atomic E-state index is 12.7. The molecule has 4 aromatic rings. The number of thiophene rings is 1. The third-order valence-corrected chi connectivity index (χ3v) is 7.28. The number of nitrogens with zero attached hydrogens (tertiary/aromatic N) is 4. The lowest BCUT2D eigenvalue weighted by Gasteiger charge is -2.13. The largest absolute Gasteiger partial charge is 0.272 e. The summed E-state index contributed by atoms with van der Waals surface area (Å²) in [6.45, 7) is 5.98. The third kappa shape index (κ3) is 3.37. The number of aromatic nitrogens is 3. The quantitative estimate of drug-likeness (QED) is 0.533. The molecule has 9 heteroatoms. The van der Waals surface area contributed by atoms with Gasteiger partial charge in [-0.3, -0.25) is 4.72 Å². The van der Waals surface area contributed by atoms with Crippen molar-refractivity contribution in [3.05, 3.63) is 64.2 Å². The Bertz CT molecular complexity index is 1380. The number of pyridine rings is 1. The number of nitrogens with one attached hydrogen (secondary N) is 1. The summed E-state index contributed by atoms with van der Waals surface area (Å²) >= 11 is 1.10. The van der Waals surface area contributed by atoms with Crippen molar-refractivity contribution in [2.45, 2.75) is 25.0 Å². The molecule has 0 saturated carbocycles. The summed E-state index contributed by atoms with van der Waals surface area (Å²) in [6, 6.07) is 11.1. The van der Waals surface area contributed by atoms with Crippen LogP contribution in [-0.4, -0.2) is 23.2 Å². The highest BCUT2D eigenvalue weighted by atomic mass is 32.2. The van der Waals surface area contributed by atoms with Crippen molar-refractivity contribution in [3.8, 4) is 11.9 Å². The molecule has 4 rings (SSSR count). The van der Waals surface area contributed by atoms with Gasteiger partial charge in [-0.15, -0.1) is 11.3 Å². The molecule has 29 heavy (non-hydrogen) atoms. The first-order valence-corrected chi connectivity index (χ1v) is 11.1. The Kier molecular flexibility index (Phi) is 4.61. The summed E-state index contributed by atoms with van der Waals surface area (Å²) in [5.74, 6) is 0.504. The predicted octanol–water partition coefficient (Wildman–Crippen LogP) is 4.08. The number of sulfonamides is 1. The summed E-state index contributed by atoms with van der Waals surface area (Å²) in [4.78, 5) is 4.71. The van der Waals surface area contributed by atoms with Crippen molar-refractivity contribution in [2.24, 2.45) is 0 Å². The van der Waals surface area contributed by atoms with Crippen LogP contribution in [0.4, 0.5) is 5.82 Å². The number of benzene rings is 1. The molecule has 146 valence electrons. The summed E-state index contributed by atoms with van der Waals surface area (Å²) in [6.07, 6.45) is 1.33. The normalized spacial score (nSPS) is 11.5. The minimum atomic E-state index is -3.84. The third-order valence-electron chi connectivity index (χ3n) is 4.54. The molecule has 0 amide bonds. The summed E-state index contributed by atoms with van der Waals surface area (Å²) in [7, 11) is -3.84. The molecular formula is C20H17N5O2S2. The van der Waals surface area contributed by atoms with Gasteiger partial charge in [-0.05, 0) is 55.5 Å². The molecule has 0 bridgehead atoms. The fourth-order valence-electron chi connectivity index (χ4n) is 3.23. The maximum Gasteiger partial charge on any atom is 0.272 e. The highest BCUT2D eigenvalue weighted by Crippen LogP contribution is 2.28. The Hall–Kier alpha value is -3.22. The topological polar surface area (TPSA) is 101 Å². The number of rotatable bonds is 4. The van der Waals surface area contributed by atoms with E-state index in [0.717, 1.165) is 38.9 Å². The molecule has 0 atom stereocenters. The van der Waals surface area contributed by atoms with Crippen LogP contribution in [0.3, 0.4) is 0 Å². The lowest BCUT2D eigenvalue weighted by Crippen LogP contribution is -2.16. The molecule has 3 aromatic heterocycles. The number of hydrogen-bond acceptors (Lipinski definition) is 6. The lowest BCUT2D eigenvalue weighted by atomic mass is 10.0. The van der Waals surface area contributed by atoms with Crippen molar-refractivity contribution < 1.29 is 8.42 Å². The first-order chi connectivity index (χ1) is 13.8. The Morgan fingerprint density at radius 3 is 2.66 bits per heavy atom. The van der Waals surface area contributed by atoms with Crippen LogP contribution in [-0.2, 0) is 10.0 Å². The van der Waals surface area contributed by atoms with Crippen LogP contribution in [0.2, 0.25) is 0 Å². The smallest absolute Gasteiger partial charge is 0.261 e. The first kappa shape index (κ1) is 19.1. The van der Waals surface area contributed by atoms with Crippen molar-refractivity contribution in [2.75, 3.05) is 4.72 Å². The highest BCUT2D eigenvalue weighted by molar-refractivity contribution is 7.94. The highest BCUT2D eigenvalue weighted by Gasteiger charge is 2.22. The van der Waals surface area contributed by atoms with E-state index >= 15 is 0 Å². The molecule has 3 heterocycles. The molecule has 0 fully saturated rings. The van der Waals surface area contributed by atoms with Crippen LogP contribution in [0.1, 0.15) is 22.3 Å². The summed E-state index contributed by atoms with van der Waals surface area (Å²) in [5, 5.41) is 16.4. The van der Waals surface area contributed by atoms with Gasteiger partial charge in [-0.25, -0.2) is 13.4 Å². The molecule has 1 aromatic carbocycles. The van der Waals surface area contributed by atoms with Crippen molar-refractivity contribution in [3.63, 3.8) is 0 Å². The fraction of sp³-hybridized carbons (Fsp3) is 0.150. The van der Waals surface area contributed by atoms with Gasteiger partial charge in [0, 0.05) is 5.39 Å². The zero-order valence-electron chi connectivity index (χ0n) is 16.0. The molecule has 0 aliphatic carbocycles. The average molecular weight is 424 g/mol. The number of hydrogen-bond donors (Lipinski definition) is 1. The van der Waals surface area contributed by atoms with Crippen molar-refractivity contribution in [1.29, 1.82) is 5.26 Å². The molecule has 0 unspecified atom stereocenters. The lowest BCUT2D eigenvalue weighted by molar-refractivity contribution is 0.602. The Balaban J connectivity index is 1.89. The molecule has 0 spiro atoms. The molecule has 1 N–H and O–H groups in total. The van der Waals surface area contributed by atoms with Gasteiger partial charge in [0.2, 0.25) is 0 Å². The zero-order valence-corrected chi connectivity index (χ0v) is 17.6. The van der Waals surface area contributed by atoms with E-state index < -0.39 is 10.0 Å². The standard InChI is InChI=1S/C20H17N5O2S2/c1-12-7-14(3)19-16(8-12)13(2)9-17(23-19)25-20(15(10-21)11-22-25)24-29(26,27)18-5-4-6-28-18/h4-9,11,24H,1-3H3. The predicted molar refractivity (Wildman–Crippen MR) is 113 cm³/mol. The van der Waals surface area contributed by atoms with Crippen LogP contribution in [0.15, 0.2) is 46.1 Å². The second kappa shape index (κ2) is 6.99. The van der Waals surface area contributed by atoms with Gasteiger partial charge in [0.05, 0.1) is 11.7 Å². The molecular weight excluding hydrogens is 406 g/mol. The van der Waals surface area contributed by atoms with Gasteiger partial charge in [0.1, 0.15) is 15.8 Å². The second-order valence-electron chi connectivity index (χ2n) is 6.74. The molecule has 0 aliphatic rings. The molecule has 7 nitrogen and oxygen atoms in total. The van der Waals surface area contributed by atoms with Gasteiger partial charge in [-0.2, -0.15) is 15.0 Å². The van der Waals surface area contributed by atoms with Gasteiger partial charge in [0.25, 0.3) is 10.0 Å². The molecule has 0 saturated heterocycles. The zero-order chi connectivity index (χ0) is 20.8. The van der Waals surface area contributed by atoms with E-state index in [1.54, 1.807) is 11.4 Å². The molecule has 0 radical (unpaired) electrons. The number of anilines is 1. The van der Waals surface area contributed by atoms with E-state index in [1.807, 2.05) is 39.0 Å². The Morgan fingerprint density at radius 2 is 1.97 bits per heavy atom. The Morgan fingerprint density at radius 1 is 1.17 bits per heavy atom. The maximum atomic E-state index is 12.7. The number of fused-ring (bicyclic) bond motifs is 1. The van der Waals surface area contributed by atoms with Crippen LogP contribution >= 0.6 is 11.3 Å². The fourth-order valence-corrected chi connectivity index (χ4v) is 5.29. The average Bonchev–Trinajstić information content (AvgIpc) is 3.32. The molecule has 0 aliphatic heterocycles. The van der Waals surface area contributed by atoms with Crippen LogP contribution < -0.4 is 4.72 Å². The van der Waals surface area contributed by atoms with Gasteiger partial charge in [-0.1, -0.05) is 17.7 Å². The van der Waals surface area contributed by atoms with Gasteiger partial charge >= 0.3 is 0 Å². The second-order valence-corrected chi connectivity index (χ2v) is 9.60. The minimum Gasteiger partial charge on any atom is -0.261 e. The summed E-state index contributed by atoms with van der Waals surface area (Å²) < 4.78 is 29.4. The minimum absolute atomic E-state index is 0.0666. The number of aryl methyl sites for hydroxylation is 3. The van der Waals surface area contributed by atoms with Gasteiger partial charge < -0.3 is 0 Å². The number of nitriles is 1. The van der Waals surface area contributed by atoms with Crippen LogP contribution in [0.5, 0.6) is 0 Å². The first-order valence-electron chi connectivity index (χ1n) is 8.73. The van der Waals surface area contributed by atoms with E-state index in [-0.39, 0.29) is 15.6 Å². The van der Waals surface area contributed by atoms with E-state index in [2.05, 4.69) is 15.9 Å². The van der Waals surface area contributed by atoms with E-state index in [1.165, 1.54) is 16.9 Å². The van der Waals surface area contributed by atoms with Gasteiger partial charge in [0.15, 0.2) is 11.6 Å². The van der Waals surface area contributed by atoms with Crippen LogP contribution in [0, 0.1) is 32.1 Å². The SMILES string of the molecule is Cc1cc(C)c2nc(-n3ncc(C#N)c3NS(=O)(=O)c3cccs3)cc(C)c2c1. The van der Waals surface area contributed by atoms with Crippen LogP contribution in [0.25, 0.3) is 16.7 Å². The monoisotopic (exact) mass is 423 g/mol. The summed E-state index contributed by atoms with van der Waals surface area (Å²) in [5.41, 5.74) is 4.07. The van der Waals surface area contributed by atoms with E-state index in [9.17, 15) is 13.7 Å². The van der Waals surface area contributed by atoms with E-state index in [0.29, 0.717) is 5.82 Å². The Labute approximate surface area is 172 Å². The van der Waals surface area contributed by atoms with Crippen molar-refractivity contribution >= 4 is 38.1 Å².